The molecule has 0 aliphatic carbocycles. The van der Waals surface area contributed by atoms with Gasteiger partial charge in [-0.05, 0) is 54.1 Å². The lowest BCUT2D eigenvalue weighted by Gasteiger charge is -2.35. The molecule has 0 spiro atoms. The van der Waals surface area contributed by atoms with Gasteiger partial charge in [-0.25, -0.2) is 15.0 Å². The minimum Gasteiger partial charge on any atom is -0.368 e. The molecule has 34 heavy (non-hydrogen) atoms. The van der Waals surface area contributed by atoms with Crippen LogP contribution in [-0.2, 0) is 6.54 Å². The number of rotatable bonds is 5. The smallest absolute Gasteiger partial charge is 0.254 e. The van der Waals surface area contributed by atoms with Crippen molar-refractivity contribution < 1.29 is 4.79 Å². The number of fused-ring (bicyclic) bond motifs is 2. The van der Waals surface area contributed by atoms with Crippen LogP contribution in [0.4, 0.5) is 17.2 Å². The van der Waals surface area contributed by atoms with Crippen LogP contribution in [0.15, 0.2) is 55.0 Å². The van der Waals surface area contributed by atoms with Crippen molar-refractivity contribution in [3.05, 3.63) is 66.1 Å². The van der Waals surface area contributed by atoms with Gasteiger partial charge in [0.25, 0.3) is 5.91 Å². The zero-order valence-electron chi connectivity index (χ0n) is 18.9. The quantitative estimate of drug-likeness (QED) is 0.368. The molecular formula is C25H26N8O. The first-order valence-electron chi connectivity index (χ1n) is 11.5. The Morgan fingerprint density at radius 1 is 0.971 bits per heavy atom. The summed E-state index contributed by atoms with van der Waals surface area (Å²) in [7, 11) is 1.96. The number of nitrogens with one attached hydrogen (secondary N) is 4. The van der Waals surface area contributed by atoms with Gasteiger partial charge in [0, 0.05) is 50.5 Å². The van der Waals surface area contributed by atoms with Gasteiger partial charge in [0.1, 0.15) is 11.5 Å². The molecule has 1 aromatic carbocycles. The summed E-state index contributed by atoms with van der Waals surface area (Å²) < 4.78 is 0. The fraction of sp³-hybridized carbons (Fsp3) is 0.240. The van der Waals surface area contributed by atoms with Gasteiger partial charge in [-0.15, -0.1) is 0 Å². The van der Waals surface area contributed by atoms with Crippen molar-refractivity contribution in [1.82, 2.24) is 30.7 Å². The number of pyridine rings is 2. The number of carbonyl (C=O) groups is 1. The maximum Gasteiger partial charge on any atom is 0.254 e. The largest absolute Gasteiger partial charge is 0.368 e. The number of amides is 1. The van der Waals surface area contributed by atoms with Gasteiger partial charge < -0.3 is 20.5 Å². The number of nitrogens with zero attached hydrogens (tertiary/aromatic N) is 4. The van der Waals surface area contributed by atoms with E-state index in [0.29, 0.717) is 17.9 Å². The Balaban J connectivity index is 1.28. The Kier molecular flexibility index (Phi) is 5.12. The molecule has 9 nitrogen and oxygen atoms in total. The topological polar surface area (TPSA) is 101 Å². The van der Waals surface area contributed by atoms with Crippen LogP contribution in [0.3, 0.4) is 0 Å². The van der Waals surface area contributed by atoms with Crippen LogP contribution in [0.1, 0.15) is 15.9 Å². The summed E-state index contributed by atoms with van der Waals surface area (Å²) in [6.07, 6.45) is 5.57. The number of aromatic amines is 1. The summed E-state index contributed by atoms with van der Waals surface area (Å²) in [5.74, 6) is 0.641. The van der Waals surface area contributed by atoms with E-state index in [1.165, 1.54) is 0 Å². The molecule has 0 unspecified atom stereocenters. The summed E-state index contributed by atoms with van der Waals surface area (Å²) in [4.78, 5) is 27.3. The Hall–Kier alpha value is -3.95. The van der Waals surface area contributed by atoms with Crippen LogP contribution in [-0.4, -0.2) is 59.1 Å². The van der Waals surface area contributed by atoms with Gasteiger partial charge in [-0.3, -0.25) is 10.2 Å². The van der Waals surface area contributed by atoms with Crippen molar-refractivity contribution in [3.8, 4) is 11.1 Å². The number of carbonyl (C=O) groups excluding carboxylic acids is 1. The van der Waals surface area contributed by atoms with Crippen molar-refractivity contribution >= 4 is 34.1 Å². The fourth-order valence-electron chi connectivity index (χ4n) is 4.87. The van der Waals surface area contributed by atoms with E-state index in [2.05, 4.69) is 53.1 Å². The number of hydrogen-bond acceptors (Lipinski definition) is 7. The molecule has 6 rings (SSSR count). The molecule has 1 fully saturated rings. The molecule has 1 saturated heterocycles. The first-order valence-corrected chi connectivity index (χ1v) is 11.5. The number of hydrogen-bond donors (Lipinski definition) is 4. The predicted octanol–water partition coefficient (Wildman–Crippen LogP) is 2.87. The highest BCUT2D eigenvalue weighted by molar-refractivity contribution is 6.07. The Labute approximate surface area is 197 Å². The van der Waals surface area contributed by atoms with E-state index >= 15 is 0 Å². The lowest BCUT2D eigenvalue weighted by molar-refractivity contribution is 0.0966. The molecule has 3 aromatic heterocycles. The Morgan fingerprint density at radius 2 is 1.85 bits per heavy atom. The van der Waals surface area contributed by atoms with E-state index in [1.807, 2.05) is 43.7 Å². The molecule has 4 N–H and O–H groups in total. The van der Waals surface area contributed by atoms with Crippen LogP contribution in [0, 0.1) is 0 Å². The highest BCUT2D eigenvalue weighted by Crippen LogP contribution is 2.37. The van der Waals surface area contributed by atoms with Crippen molar-refractivity contribution in [2.24, 2.45) is 0 Å². The van der Waals surface area contributed by atoms with Gasteiger partial charge in [0.05, 0.1) is 23.1 Å². The molecule has 9 heteroatoms. The van der Waals surface area contributed by atoms with Gasteiger partial charge in [-0.2, -0.15) is 0 Å². The average molecular weight is 455 g/mol. The predicted molar refractivity (Wildman–Crippen MR) is 133 cm³/mol. The lowest BCUT2D eigenvalue weighted by Crippen LogP contribution is -2.50. The van der Waals surface area contributed by atoms with E-state index in [9.17, 15) is 4.79 Å². The zero-order chi connectivity index (χ0) is 23.1. The van der Waals surface area contributed by atoms with E-state index in [-0.39, 0.29) is 5.91 Å². The third kappa shape index (κ3) is 3.55. The molecule has 0 bridgehead atoms. The minimum atomic E-state index is -0.0715. The normalized spacial score (nSPS) is 16.0. The molecule has 4 aromatic rings. The van der Waals surface area contributed by atoms with Crippen molar-refractivity contribution in [3.63, 3.8) is 0 Å². The summed E-state index contributed by atoms with van der Waals surface area (Å²) in [6.45, 7) is 4.34. The standard InChI is InChI=1S/C25H26N8O/c1-26-33-12-10-32(11-13-33)16-2-5-22(29-14-16)31-21-4-3-17(20-15-30-25(34)23(20)21)18-6-8-27-24-19(18)7-9-28-24/h2-9,14,26H,10-13,15H2,1H3,(H,27,28)(H,29,31)(H,30,34). The van der Waals surface area contributed by atoms with Crippen LogP contribution in [0.25, 0.3) is 22.2 Å². The van der Waals surface area contributed by atoms with Gasteiger partial charge >= 0.3 is 0 Å². The van der Waals surface area contributed by atoms with Gasteiger partial charge in [-0.1, -0.05) is 6.07 Å². The zero-order valence-corrected chi connectivity index (χ0v) is 18.9. The number of aromatic nitrogens is 3. The van der Waals surface area contributed by atoms with E-state index in [1.54, 1.807) is 6.20 Å². The highest BCUT2D eigenvalue weighted by Gasteiger charge is 2.27. The number of benzene rings is 1. The van der Waals surface area contributed by atoms with Crippen molar-refractivity contribution in [2.75, 3.05) is 43.4 Å². The van der Waals surface area contributed by atoms with Gasteiger partial charge in [0.2, 0.25) is 0 Å². The van der Waals surface area contributed by atoms with Crippen LogP contribution >= 0.6 is 0 Å². The monoisotopic (exact) mass is 454 g/mol. The van der Waals surface area contributed by atoms with E-state index < -0.39 is 0 Å². The summed E-state index contributed by atoms with van der Waals surface area (Å²) in [6, 6.07) is 12.1. The molecule has 0 saturated carbocycles. The van der Waals surface area contributed by atoms with Crippen molar-refractivity contribution in [1.29, 1.82) is 0 Å². The fourth-order valence-corrected chi connectivity index (χ4v) is 4.87. The molecule has 0 radical (unpaired) electrons. The minimum absolute atomic E-state index is 0.0715. The number of hydrazine groups is 1. The SMILES string of the molecule is CNN1CCN(c2ccc(Nc3ccc(-c4ccnc5[nH]ccc45)c4c3C(=O)NC4)nc2)CC1. The second-order valence-corrected chi connectivity index (χ2v) is 8.52. The first kappa shape index (κ1) is 20.6. The van der Waals surface area contributed by atoms with Crippen LogP contribution in [0.5, 0.6) is 0 Å². The Bertz CT molecular complexity index is 1360. The molecular weight excluding hydrogens is 428 g/mol. The lowest BCUT2D eigenvalue weighted by atomic mass is 9.94. The second-order valence-electron chi connectivity index (χ2n) is 8.52. The van der Waals surface area contributed by atoms with E-state index in [0.717, 1.165) is 65.3 Å². The molecule has 2 aliphatic heterocycles. The third-order valence-corrected chi connectivity index (χ3v) is 6.69. The maximum absolute atomic E-state index is 12.8. The highest BCUT2D eigenvalue weighted by atomic mass is 16.1. The third-order valence-electron chi connectivity index (χ3n) is 6.69. The second kappa shape index (κ2) is 8.44. The average Bonchev–Trinajstić information content (AvgIpc) is 3.52. The molecule has 172 valence electrons. The molecule has 5 heterocycles. The van der Waals surface area contributed by atoms with Crippen LogP contribution < -0.4 is 21.0 Å². The summed E-state index contributed by atoms with van der Waals surface area (Å²) >= 11 is 0. The molecule has 1 amide bonds. The number of anilines is 3. The maximum atomic E-state index is 12.8. The number of H-pyrrole nitrogens is 1. The first-order chi connectivity index (χ1) is 16.7. The Morgan fingerprint density at radius 3 is 2.65 bits per heavy atom. The summed E-state index contributed by atoms with van der Waals surface area (Å²) in [5, 5.41) is 9.60. The van der Waals surface area contributed by atoms with Crippen LogP contribution in [0.2, 0.25) is 0 Å². The molecule has 0 atom stereocenters. The van der Waals surface area contributed by atoms with Crippen molar-refractivity contribution in [2.45, 2.75) is 6.54 Å². The molecule has 2 aliphatic rings. The van der Waals surface area contributed by atoms with Gasteiger partial charge in [0.15, 0.2) is 0 Å². The van der Waals surface area contributed by atoms with E-state index in [4.69, 9.17) is 0 Å². The summed E-state index contributed by atoms with van der Waals surface area (Å²) in [5.41, 5.74) is 9.66. The number of piperazine rings is 1.